The SMILES string of the molecule is CCCOCn1ccc2c1ncc1nnc(C3CC(O)(CS(=O)(=O)N4CCOCC4)CC3CC)n12. The minimum atomic E-state index is -3.60. The van der Waals surface area contributed by atoms with Crippen molar-refractivity contribution in [2.45, 2.75) is 57.8 Å². The fraction of sp³-hybridized carbons (Fsp3) is 0.696. The summed E-state index contributed by atoms with van der Waals surface area (Å²) in [6.45, 7) is 6.66. The summed E-state index contributed by atoms with van der Waals surface area (Å²) >= 11 is 0. The molecule has 11 nitrogen and oxygen atoms in total. The molecule has 1 aliphatic carbocycles. The van der Waals surface area contributed by atoms with Crippen LogP contribution in [0.2, 0.25) is 0 Å². The largest absolute Gasteiger partial charge is 0.389 e. The summed E-state index contributed by atoms with van der Waals surface area (Å²) in [7, 11) is -3.60. The predicted molar refractivity (Wildman–Crippen MR) is 129 cm³/mol. The summed E-state index contributed by atoms with van der Waals surface area (Å²) in [6, 6.07) is 1.97. The highest BCUT2D eigenvalue weighted by molar-refractivity contribution is 7.89. The van der Waals surface area contributed by atoms with Crippen molar-refractivity contribution in [2.24, 2.45) is 5.92 Å². The summed E-state index contributed by atoms with van der Waals surface area (Å²) in [4.78, 5) is 4.57. The second-order valence-corrected chi connectivity index (χ2v) is 11.7. The van der Waals surface area contributed by atoms with Gasteiger partial charge in [-0.2, -0.15) is 4.31 Å². The van der Waals surface area contributed by atoms with E-state index in [0.717, 1.165) is 29.8 Å². The normalized spacial score (nSPS) is 26.3. The number of fused-ring (bicyclic) bond motifs is 3. The summed E-state index contributed by atoms with van der Waals surface area (Å²) in [6.07, 6.45) is 6.11. The summed E-state index contributed by atoms with van der Waals surface area (Å²) < 4.78 is 42.5. The third-order valence-corrected chi connectivity index (χ3v) is 9.28. The molecule has 192 valence electrons. The number of aromatic nitrogens is 5. The lowest BCUT2D eigenvalue weighted by Crippen LogP contribution is -2.47. The molecule has 0 bridgehead atoms. The van der Waals surface area contributed by atoms with Crippen LogP contribution in [0.5, 0.6) is 0 Å². The molecule has 3 aromatic heterocycles. The fourth-order valence-electron chi connectivity index (χ4n) is 5.57. The third-order valence-electron chi connectivity index (χ3n) is 7.23. The highest BCUT2D eigenvalue weighted by Crippen LogP contribution is 2.47. The van der Waals surface area contributed by atoms with E-state index in [1.54, 1.807) is 6.20 Å². The molecule has 4 heterocycles. The summed E-state index contributed by atoms with van der Waals surface area (Å²) in [5, 5.41) is 20.4. The number of nitrogens with zero attached hydrogens (tertiary/aromatic N) is 6. The van der Waals surface area contributed by atoms with E-state index in [1.165, 1.54) is 4.31 Å². The highest BCUT2D eigenvalue weighted by atomic mass is 32.2. The molecule has 2 aliphatic rings. The molecule has 1 saturated carbocycles. The van der Waals surface area contributed by atoms with Crippen LogP contribution < -0.4 is 0 Å². The average molecular weight is 507 g/mol. The summed E-state index contributed by atoms with van der Waals surface area (Å²) in [5.74, 6) is 0.424. The van der Waals surface area contributed by atoms with E-state index >= 15 is 0 Å². The van der Waals surface area contributed by atoms with E-state index in [0.29, 0.717) is 58.1 Å². The number of hydrogen-bond donors (Lipinski definition) is 1. The maximum absolute atomic E-state index is 13.1. The maximum atomic E-state index is 13.1. The molecule has 3 unspecified atom stereocenters. The maximum Gasteiger partial charge on any atom is 0.217 e. The van der Waals surface area contributed by atoms with Crippen LogP contribution in [0.1, 0.15) is 51.3 Å². The standard InChI is InChI=1S/C23H34N6O5S/c1-3-9-34-16-27-6-5-19-22(27)24-14-20-25-26-21(29(19)20)18-13-23(30,12-17(18)4-2)15-35(31,32)28-7-10-33-11-8-28/h5-6,14,17-18,30H,3-4,7-13,15-16H2,1-2H3. The highest BCUT2D eigenvalue weighted by Gasteiger charge is 2.49. The van der Waals surface area contributed by atoms with Crippen molar-refractivity contribution in [3.05, 3.63) is 24.3 Å². The molecule has 35 heavy (non-hydrogen) atoms. The van der Waals surface area contributed by atoms with Gasteiger partial charge in [0, 0.05) is 31.8 Å². The van der Waals surface area contributed by atoms with Crippen molar-refractivity contribution in [1.82, 2.24) is 28.5 Å². The predicted octanol–water partition coefficient (Wildman–Crippen LogP) is 1.76. The van der Waals surface area contributed by atoms with Gasteiger partial charge >= 0.3 is 0 Å². The zero-order valence-electron chi connectivity index (χ0n) is 20.3. The van der Waals surface area contributed by atoms with Gasteiger partial charge in [0.05, 0.1) is 36.3 Å². The van der Waals surface area contributed by atoms with Crippen LogP contribution in [0.15, 0.2) is 18.5 Å². The number of ether oxygens (including phenoxy) is 2. The molecule has 1 N–H and O–H groups in total. The van der Waals surface area contributed by atoms with E-state index in [1.807, 2.05) is 21.2 Å². The Morgan fingerprint density at radius 2 is 2.03 bits per heavy atom. The Bertz CT molecular complexity index is 1280. The van der Waals surface area contributed by atoms with Crippen molar-refractivity contribution < 1.29 is 23.0 Å². The zero-order valence-corrected chi connectivity index (χ0v) is 21.2. The number of sulfonamides is 1. The third kappa shape index (κ3) is 4.69. The second kappa shape index (κ2) is 9.74. The number of morpholine rings is 1. The Balaban J connectivity index is 1.45. The van der Waals surface area contributed by atoms with Crippen LogP contribution in [0, 0.1) is 5.92 Å². The molecular formula is C23H34N6O5S. The molecule has 0 spiro atoms. The van der Waals surface area contributed by atoms with Crippen LogP contribution in [-0.4, -0.2) is 86.2 Å². The molecule has 0 aromatic carbocycles. The van der Waals surface area contributed by atoms with E-state index < -0.39 is 15.6 Å². The van der Waals surface area contributed by atoms with Crippen molar-refractivity contribution in [1.29, 1.82) is 0 Å². The topological polar surface area (TPSA) is 124 Å². The van der Waals surface area contributed by atoms with Crippen LogP contribution >= 0.6 is 0 Å². The van der Waals surface area contributed by atoms with Gasteiger partial charge in [0.25, 0.3) is 0 Å². The lowest BCUT2D eigenvalue weighted by molar-refractivity contribution is 0.0570. The van der Waals surface area contributed by atoms with Crippen molar-refractivity contribution in [3.63, 3.8) is 0 Å². The molecule has 12 heteroatoms. The monoisotopic (exact) mass is 506 g/mol. The lowest BCUT2D eigenvalue weighted by Gasteiger charge is -2.30. The van der Waals surface area contributed by atoms with Gasteiger partial charge in [-0.05, 0) is 31.2 Å². The Morgan fingerprint density at radius 1 is 1.23 bits per heavy atom. The Morgan fingerprint density at radius 3 is 2.77 bits per heavy atom. The van der Waals surface area contributed by atoms with Crippen LogP contribution in [-0.2, 0) is 26.2 Å². The molecule has 5 rings (SSSR count). The molecule has 3 aromatic rings. The molecule has 1 saturated heterocycles. The van der Waals surface area contributed by atoms with Gasteiger partial charge in [-0.3, -0.25) is 4.40 Å². The molecule has 2 fully saturated rings. The van der Waals surface area contributed by atoms with Crippen LogP contribution in [0.4, 0.5) is 0 Å². The lowest BCUT2D eigenvalue weighted by atomic mass is 9.93. The van der Waals surface area contributed by atoms with Gasteiger partial charge in [0.2, 0.25) is 10.0 Å². The smallest absolute Gasteiger partial charge is 0.217 e. The van der Waals surface area contributed by atoms with E-state index in [4.69, 9.17) is 9.47 Å². The first-order valence-electron chi connectivity index (χ1n) is 12.4. The van der Waals surface area contributed by atoms with Crippen molar-refractivity contribution in [3.8, 4) is 0 Å². The Hall–Kier alpha value is -2.12. The van der Waals surface area contributed by atoms with E-state index in [9.17, 15) is 13.5 Å². The van der Waals surface area contributed by atoms with E-state index in [2.05, 4.69) is 29.0 Å². The Labute approximate surface area is 205 Å². The van der Waals surface area contributed by atoms with Gasteiger partial charge < -0.3 is 19.1 Å². The van der Waals surface area contributed by atoms with Crippen LogP contribution in [0.3, 0.4) is 0 Å². The van der Waals surface area contributed by atoms with E-state index in [-0.39, 0.29) is 17.6 Å². The van der Waals surface area contributed by atoms with Gasteiger partial charge in [-0.15, -0.1) is 10.2 Å². The van der Waals surface area contributed by atoms with Crippen molar-refractivity contribution in [2.75, 3.05) is 38.7 Å². The van der Waals surface area contributed by atoms with Gasteiger partial charge in [-0.1, -0.05) is 20.3 Å². The van der Waals surface area contributed by atoms with Gasteiger partial charge in [0.1, 0.15) is 12.6 Å². The Kier molecular flexibility index (Phi) is 6.83. The fourth-order valence-corrected chi connectivity index (χ4v) is 7.37. The van der Waals surface area contributed by atoms with Crippen molar-refractivity contribution >= 4 is 26.8 Å². The first kappa shape index (κ1) is 24.6. The minimum Gasteiger partial charge on any atom is -0.389 e. The molecule has 0 radical (unpaired) electrons. The van der Waals surface area contributed by atoms with Gasteiger partial charge in [-0.25, -0.2) is 13.4 Å². The molecule has 3 atom stereocenters. The van der Waals surface area contributed by atoms with Gasteiger partial charge in [0.15, 0.2) is 11.3 Å². The molecular weight excluding hydrogens is 472 g/mol. The molecule has 0 amide bonds. The second-order valence-electron chi connectivity index (χ2n) is 9.72. The zero-order chi connectivity index (χ0) is 24.6. The first-order valence-corrected chi connectivity index (χ1v) is 14.0. The number of hydrogen-bond acceptors (Lipinski definition) is 8. The first-order chi connectivity index (χ1) is 16.8. The number of aliphatic hydroxyl groups is 1. The minimum absolute atomic E-state index is 0.0884. The average Bonchev–Trinajstić information content (AvgIpc) is 3.54. The van der Waals surface area contributed by atoms with Crippen LogP contribution in [0.25, 0.3) is 16.8 Å². The number of rotatable bonds is 9. The molecule has 1 aliphatic heterocycles. The summed E-state index contributed by atoms with van der Waals surface area (Å²) in [5.41, 5.74) is 0.950. The quantitative estimate of drug-likeness (QED) is 0.436.